The van der Waals surface area contributed by atoms with Gasteiger partial charge in [-0.1, -0.05) is 31.2 Å². The van der Waals surface area contributed by atoms with Gasteiger partial charge in [0.15, 0.2) is 17.5 Å². The third kappa shape index (κ3) is 5.41. The first-order chi connectivity index (χ1) is 15.3. The van der Waals surface area contributed by atoms with Gasteiger partial charge in [0.1, 0.15) is 0 Å². The second kappa shape index (κ2) is 10.2. The van der Waals surface area contributed by atoms with Gasteiger partial charge in [0.2, 0.25) is 0 Å². The number of carbonyl (C=O) groups is 1. The van der Waals surface area contributed by atoms with Crippen molar-refractivity contribution in [1.82, 2.24) is 0 Å². The molecule has 0 saturated heterocycles. The highest BCUT2D eigenvalue weighted by Gasteiger charge is 2.15. The predicted molar refractivity (Wildman–Crippen MR) is 120 cm³/mol. The molecule has 0 saturated carbocycles. The number of carbonyl (C=O) groups excluding carboxylic acids is 1. The van der Waals surface area contributed by atoms with Crippen LogP contribution in [0.5, 0.6) is 0 Å². The van der Waals surface area contributed by atoms with Crippen LogP contribution in [-0.2, 0) is 11.3 Å². The van der Waals surface area contributed by atoms with Crippen LogP contribution in [0.1, 0.15) is 24.5 Å². The molecule has 0 aromatic heterocycles. The van der Waals surface area contributed by atoms with Gasteiger partial charge < -0.3 is 9.64 Å². The van der Waals surface area contributed by atoms with E-state index in [1.165, 1.54) is 6.07 Å². The van der Waals surface area contributed by atoms with Crippen molar-refractivity contribution in [3.63, 3.8) is 0 Å². The Morgan fingerprint density at radius 3 is 2.38 bits per heavy atom. The summed E-state index contributed by atoms with van der Waals surface area (Å²) in [7, 11) is 1.93. The summed E-state index contributed by atoms with van der Waals surface area (Å²) < 4.78 is 45.8. The molecule has 0 aliphatic carbocycles. The third-order valence-electron chi connectivity index (χ3n) is 5.04. The van der Waals surface area contributed by atoms with E-state index in [-0.39, 0.29) is 5.56 Å². The Kier molecular flexibility index (Phi) is 7.41. The summed E-state index contributed by atoms with van der Waals surface area (Å²) in [5.74, 6) is -3.88. The molecule has 0 radical (unpaired) electrons. The average molecular weight is 442 g/mol. The number of aryl methyl sites for hydroxylation is 1. The number of benzene rings is 3. The summed E-state index contributed by atoms with van der Waals surface area (Å²) in [6.45, 7) is 4.77. The molecule has 7 heteroatoms. The molecule has 0 aliphatic rings. The Morgan fingerprint density at radius 1 is 1.00 bits per heavy atom. The highest BCUT2D eigenvalue weighted by atomic mass is 19.2. The number of nitrogens with zero attached hydrogens (tertiary/aromatic N) is 1. The number of rotatable bonds is 7. The standard InChI is InChI=1S/C25H25F3N2O2/c1-4-13-32-25(31)29-22-12-9-19(14-16(22)2)30(3)15-17-5-7-18(8-6-17)20-10-11-21(26)24(28)23(20)27/h5-12,14H,4,13,15H2,1-3H3,(H,29,31). The zero-order valence-electron chi connectivity index (χ0n) is 18.2. The quantitative estimate of drug-likeness (QED) is 0.415. The van der Waals surface area contributed by atoms with E-state index >= 15 is 0 Å². The summed E-state index contributed by atoms with van der Waals surface area (Å²) in [4.78, 5) is 13.8. The fourth-order valence-corrected chi connectivity index (χ4v) is 3.27. The molecule has 0 spiro atoms. The smallest absolute Gasteiger partial charge is 0.411 e. The van der Waals surface area contributed by atoms with Crippen LogP contribution in [0.25, 0.3) is 11.1 Å². The maximum Gasteiger partial charge on any atom is 0.411 e. The first-order valence-corrected chi connectivity index (χ1v) is 10.3. The molecular weight excluding hydrogens is 417 g/mol. The van der Waals surface area contributed by atoms with E-state index in [4.69, 9.17) is 4.74 Å². The number of ether oxygens (including phenoxy) is 1. The van der Waals surface area contributed by atoms with Gasteiger partial charge in [0.05, 0.1) is 6.61 Å². The summed E-state index contributed by atoms with van der Waals surface area (Å²) in [5.41, 5.74) is 3.97. The molecule has 168 valence electrons. The summed E-state index contributed by atoms with van der Waals surface area (Å²) in [5, 5.41) is 2.73. The van der Waals surface area contributed by atoms with Gasteiger partial charge in [-0.15, -0.1) is 0 Å². The van der Waals surface area contributed by atoms with Crippen molar-refractivity contribution in [1.29, 1.82) is 0 Å². The average Bonchev–Trinajstić information content (AvgIpc) is 2.78. The minimum absolute atomic E-state index is 0.0139. The number of halogens is 3. The van der Waals surface area contributed by atoms with Crippen LogP contribution in [0.15, 0.2) is 54.6 Å². The number of hydrogen-bond donors (Lipinski definition) is 1. The van der Waals surface area contributed by atoms with Crippen LogP contribution in [0, 0.1) is 24.4 Å². The van der Waals surface area contributed by atoms with Crippen LogP contribution < -0.4 is 10.2 Å². The van der Waals surface area contributed by atoms with Crippen molar-refractivity contribution < 1.29 is 22.7 Å². The SMILES string of the molecule is CCCOC(=O)Nc1ccc(N(C)Cc2ccc(-c3ccc(F)c(F)c3F)cc2)cc1C. The zero-order valence-corrected chi connectivity index (χ0v) is 18.2. The summed E-state index contributed by atoms with van der Waals surface area (Å²) >= 11 is 0. The minimum atomic E-state index is -1.47. The second-order valence-electron chi connectivity index (χ2n) is 7.54. The molecule has 0 aliphatic heterocycles. The lowest BCUT2D eigenvalue weighted by Crippen LogP contribution is -2.17. The van der Waals surface area contributed by atoms with Crippen LogP contribution >= 0.6 is 0 Å². The van der Waals surface area contributed by atoms with Gasteiger partial charge in [-0.05, 0) is 60.4 Å². The van der Waals surface area contributed by atoms with E-state index in [1.807, 2.05) is 56.1 Å². The van der Waals surface area contributed by atoms with Crippen molar-refractivity contribution in [2.24, 2.45) is 0 Å². The van der Waals surface area contributed by atoms with Crippen LogP contribution in [0.3, 0.4) is 0 Å². The molecule has 1 amide bonds. The monoisotopic (exact) mass is 442 g/mol. The molecule has 0 heterocycles. The van der Waals surface area contributed by atoms with E-state index < -0.39 is 23.5 Å². The molecule has 32 heavy (non-hydrogen) atoms. The third-order valence-corrected chi connectivity index (χ3v) is 5.04. The van der Waals surface area contributed by atoms with Crippen molar-refractivity contribution in [2.75, 3.05) is 23.9 Å². The van der Waals surface area contributed by atoms with Crippen molar-refractivity contribution in [2.45, 2.75) is 26.8 Å². The molecule has 3 aromatic carbocycles. The molecule has 1 N–H and O–H groups in total. The fraction of sp³-hybridized carbons (Fsp3) is 0.240. The molecule has 0 unspecified atom stereocenters. The van der Waals surface area contributed by atoms with Gasteiger partial charge in [-0.25, -0.2) is 18.0 Å². The molecule has 0 atom stereocenters. The molecule has 0 fully saturated rings. The van der Waals surface area contributed by atoms with Crippen molar-refractivity contribution in [3.05, 3.63) is 83.2 Å². The van der Waals surface area contributed by atoms with Crippen LogP contribution in [-0.4, -0.2) is 19.7 Å². The first-order valence-electron chi connectivity index (χ1n) is 10.3. The van der Waals surface area contributed by atoms with E-state index in [1.54, 1.807) is 12.1 Å². The second-order valence-corrected chi connectivity index (χ2v) is 7.54. The normalized spacial score (nSPS) is 10.7. The van der Waals surface area contributed by atoms with Gasteiger partial charge in [0, 0.05) is 30.5 Å². The topological polar surface area (TPSA) is 41.6 Å². The molecule has 0 bridgehead atoms. The Balaban J connectivity index is 1.68. The number of anilines is 2. The zero-order chi connectivity index (χ0) is 23.3. The molecule has 4 nitrogen and oxygen atoms in total. The molecule has 3 rings (SSSR count). The predicted octanol–water partition coefficient (Wildman–Crippen LogP) is 6.67. The maximum absolute atomic E-state index is 14.0. The summed E-state index contributed by atoms with van der Waals surface area (Å²) in [6, 6.07) is 14.8. The Bertz CT molecular complexity index is 1100. The van der Waals surface area contributed by atoms with Gasteiger partial charge in [0.25, 0.3) is 0 Å². The van der Waals surface area contributed by atoms with Crippen LogP contribution in [0.4, 0.5) is 29.3 Å². The Labute approximate surface area is 185 Å². The largest absolute Gasteiger partial charge is 0.449 e. The van der Waals surface area contributed by atoms with E-state index in [2.05, 4.69) is 5.32 Å². The van der Waals surface area contributed by atoms with E-state index in [0.717, 1.165) is 29.3 Å². The fourth-order valence-electron chi connectivity index (χ4n) is 3.27. The van der Waals surface area contributed by atoms with Gasteiger partial charge in [-0.3, -0.25) is 5.32 Å². The lowest BCUT2D eigenvalue weighted by atomic mass is 10.0. The Morgan fingerprint density at radius 2 is 1.72 bits per heavy atom. The van der Waals surface area contributed by atoms with E-state index in [9.17, 15) is 18.0 Å². The van der Waals surface area contributed by atoms with Gasteiger partial charge in [-0.2, -0.15) is 0 Å². The molecular formula is C25H25F3N2O2. The first kappa shape index (κ1) is 23.2. The Hall–Kier alpha value is -3.48. The minimum Gasteiger partial charge on any atom is -0.449 e. The van der Waals surface area contributed by atoms with Crippen molar-refractivity contribution in [3.8, 4) is 11.1 Å². The van der Waals surface area contributed by atoms with Crippen molar-refractivity contribution >= 4 is 17.5 Å². The van der Waals surface area contributed by atoms with Crippen LogP contribution in [0.2, 0.25) is 0 Å². The van der Waals surface area contributed by atoms with E-state index in [0.29, 0.717) is 24.4 Å². The lowest BCUT2D eigenvalue weighted by molar-refractivity contribution is 0.161. The van der Waals surface area contributed by atoms with Gasteiger partial charge >= 0.3 is 6.09 Å². The maximum atomic E-state index is 14.0. The summed E-state index contributed by atoms with van der Waals surface area (Å²) in [6.07, 6.45) is 0.279. The lowest BCUT2D eigenvalue weighted by Gasteiger charge is -2.21. The number of hydrogen-bond acceptors (Lipinski definition) is 3. The highest BCUT2D eigenvalue weighted by molar-refractivity contribution is 5.86. The number of nitrogens with one attached hydrogen (secondary N) is 1. The number of amides is 1. The highest BCUT2D eigenvalue weighted by Crippen LogP contribution is 2.27. The molecule has 3 aromatic rings.